The van der Waals surface area contributed by atoms with Crippen molar-refractivity contribution in [2.45, 2.75) is 0 Å². The lowest BCUT2D eigenvalue weighted by atomic mass is 10.3. The minimum Gasteiger partial charge on any atom is -0.295 e. The van der Waals surface area contributed by atoms with Crippen LogP contribution in [-0.2, 0) is 14.1 Å². The van der Waals surface area contributed by atoms with E-state index < -0.39 is 0 Å². The van der Waals surface area contributed by atoms with Crippen LogP contribution in [0, 0.1) is 0 Å². The zero-order valence-electron chi connectivity index (χ0n) is 9.83. The smallest absolute Gasteiger partial charge is 0.295 e. The lowest BCUT2D eigenvalue weighted by Crippen LogP contribution is -2.19. The van der Waals surface area contributed by atoms with Crippen molar-refractivity contribution in [3.05, 3.63) is 40.2 Å². The van der Waals surface area contributed by atoms with E-state index in [4.69, 9.17) is 11.6 Å². The van der Waals surface area contributed by atoms with E-state index in [1.807, 2.05) is 0 Å². The van der Waals surface area contributed by atoms with Crippen molar-refractivity contribution < 1.29 is 0 Å². The number of imidazole rings is 1. The first-order valence-corrected chi connectivity index (χ1v) is 5.69. The number of nitrogens with zero attached hydrogens (tertiary/aromatic N) is 5. The summed E-state index contributed by atoms with van der Waals surface area (Å²) >= 11 is 6.00. The maximum absolute atomic E-state index is 11.9. The van der Waals surface area contributed by atoms with Gasteiger partial charge in [-0.25, -0.2) is 14.5 Å². The molecule has 3 aromatic rings. The number of fused-ring (bicyclic) bond motifs is 1. The lowest BCUT2D eigenvalue weighted by molar-refractivity contribution is 0.788. The van der Waals surface area contributed by atoms with Crippen molar-refractivity contribution in [1.29, 1.82) is 0 Å². The average molecular weight is 264 g/mol. The van der Waals surface area contributed by atoms with Gasteiger partial charge in [-0.2, -0.15) is 5.10 Å². The van der Waals surface area contributed by atoms with E-state index in [1.54, 1.807) is 43.3 Å². The van der Waals surface area contributed by atoms with Crippen LogP contribution in [-0.4, -0.2) is 23.9 Å². The Hall–Kier alpha value is -2.08. The fourth-order valence-corrected chi connectivity index (χ4v) is 2.22. The summed E-state index contributed by atoms with van der Waals surface area (Å²) in [4.78, 5) is 16.2. The molecule has 0 amide bonds. The Morgan fingerprint density at radius 2 is 2.06 bits per heavy atom. The number of aromatic nitrogens is 5. The van der Waals surface area contributed by atoms with Crippen LogP contribution in [0.3, 0.4) is 0 Å². The highest BCUT2D eigenvalue weighted by Gasteiger charge is 2.15. The Kier molecular flexibility index (Phi) is 2.27. The highest BCUT2D eigenvalue weighted by molar-refractivity contribution is 6.30. The molecule has 92 valence electrons. The van der Waals surface area contributed by atoms with Gasteiger partial charge in [0.2, 0.25) is 0 Å². The largest absolute Gasteiger partial charge is 0.328 e. The van der Waals surface area contributed by atoms with Crippen molar-refractivity contribution in [3.63, 3.8) is 0 Å². The Morgan fingerprint density at radius 3 is 2.72 bits per heavy atom. The minimum atomic E-state index is -0.123. The zero-order valence-corrected chi connectivity index (χ0v) is 10.6. The highest BCUT2D eigenvalue weighted by atomic mass is 35.5. The molecule has 6 nitrogen and oxygen atoms in total. The molecular weight excluding hydrogens is 254 g/mol. The second kappa shape index (κ2) is 3.71. The maximum Gasteiger partial charge on any atom is 0.328 e. The fourth-order valence-electron chi connectivity index (χ4n) is 2.04. The number of pyridine rings is 1. The van der Waals surface area contributed by atoms with Gasteiger partial charge in [-0.3, -0.25) is 9.13 Å². The Balaban J connectivity index is 2.52. The predicted molar refractivity (Wildman–Crippen MR) is 68.1 cm³/mol. The van der Waals surface area contributed by atoms with E-state index in [2.05, 4.69) is 10.1 Å². The summed E-state index contributed by atoms with van der Waals surface area (Å²) in [5.74, 6) is 0.544. The number of rotatable bonds is 1. The van der Waals surface area contributed by atoms with Gasteiger partial charge < -0.3 is 0 Å². The van der Waals surface area contributed by atoms with Gasteiger partial charge in [0.05, 0.1) is 5.52 Å². The Labute approximate surface area is 107 Å². The molecule has 0 N–H and O–H groups in total. The van der Waals surface area contributed by atoms with Crippen LogP contribution in [0.2, 0.25) is 5.15 Å². The molecule has 3 heterocycles. The standard InChI is InChI=1S/C11H10ClN5O/c1-15-7-6-8(12)14-10(17-5-3-4-13-17)9(7)16(2)11(15)18/h3-6H,1-2H3. The number of hydrogen-bond donors (Lipinski definition) is 0. The number of aryl methyl sites for hydroxylation is 2. The van der Waals surface area contributed by atoms with Gasteiger partial charge in [0.25, 0.3) is 0 Å². The first-order valence-electron chi connectivity index (χ1n) is 5.31. The molecule has 0 bridgehead atoms. The second-order valence-electron chi connectivity index (χ2n) is 3.99. The average Bonchev–Trinajstić information content (AvgIpc) is 2.94. The molecule has 3 aromatic heterocycles. The molecule has 0 aliphatic heterocycles. The van der Waals surface area contributed by atoms with Crippen molar-refractivity contribution in [1.82, 2.24) is 23.9 Å². The topological polar surface area (TPSA) is 57.6 Å². The van der Waals surface area contributed by atoms with Gasteiger partial charge in [0.15, 0.2) is 5.82 Å². The van der Waals surface area contributed by atoms with Gasteiger partial charge in [-0.1, -0.05) is 11.6 Å². The molecule has 7 heteroatoms. The number of hydrogen-bond acceptors (Lipinski definition) is 3. The SMILES string of the molecule is Cn1c(=O)n(C)c2c(-n3cccn3)nc(Cl)cc21. The summed E-state index contributed by atoms with van der Waals surface area (Å²) in [5, 5.41) is 4.46. The molecule has 0 atom stereocenters. The van der Waals surface area contributed by atoms with E-state index >= 15 is 0 Å². The summed E-state index contributed by atoms with van der Waals surface area (Å²) in [6.07, 6.45) is 3.41. The van der Waals surface area contributed by atoms with Crippen molar-refractivity contribution in [3.8, 4) is 5.82 Å². The normalized spacial score (nSPS) is 11.3. The summed E-state index contributed by atoms with van der Waals surface area (Å²) in [7, 11) is 3.40. The minimum absolute atomic E-state index is 0.123. The van der Waals surface area contributed by atoms with Crippen LogP contribution in [0.5, 0.6) is 0 Å². The Bertz CT molecular complexity index is 784. The second-order valence-corrected chi connectivity index (χ2v) is 4.37. The number of halogens is 1. The molecule has 0 saturated carbocycles. The molecule has 0 unspecified atom stereocenters. The lowest BCUT2D eigenvalue weighted by Gasteiger charge is -2.05. The zero-order chi connectivity index (χ0) is 12.9. The molecule has 0 saturated heterocycles. The van der Waals surface area contributed by atoms with Gasteiger partial charge >= 0.3 is 5.69 Å². The summed E-state index contributed by atoms with van der Waals surface area (Å²) in [6.45, 7) is 0. The fraction of sp³-hybridized carbons (Fsp3) is 0.182. The van der Waals surface area contributed by atoms with Gasteiger partial charge in [-0.05, 0) is 6.07 Å². The van der Waals surface area contributed by atoms with E-state index in [-0.39, 0.29) is 5.69 Å². The van der Waals surface area contributed by atoms with Crippen molar-refractivity contribution >= 4 is 22.6 Å². The molecule has 0 radical (unpaired) electrons. The monoisotopic (exact) mass is 263 g/mol. The first kappa shape index (κ1) is 11.0. The molecule has 3 rings (SSSR count). The van der Waals surface area contributed by atoms with Gasteiger partial charge in [0, 0.05) is 32.6 Å². The van der Waals surface area contributed by atoms with Crippen LogP contribution in [0.1, 0.15) is 0 Å². The van der Waals surface area contributed by atoms with E-state index in [0.29, 0.717) is 16.5 Å². The van der Waals surface area contributed by atoms with Crippen LogP contribution >= 0.6 is 11.6 Å². The third-order valence-corrected chi connectivity index (χ3v) is 3.11. The molecule has 0 aliphatic rings. The first-order chi connectivity index (χ1) is 8.59. The van der Waals surface area contributed by atoms with Crippen molar-refractivity contribution in [2.24, 2.45) is 14.1 Å². The molecular formula is C11H10ClN5O. The van der Waals surface area contributed by atoms with Crippen LogP contribution in [0.25, 0.3) is 16.9 Å². The summed E-state index contributed by atoms with van der Waals surface area (Å²) in [6, 6.07) is 3.46. The third-order valence-electron chi connectivity index (χ3n) is 2.91. The predicted octanol–water partition coefficient (Wildman–Crippen LogP) is 1.11. The third kappa shape index (κ3) is 1.39. The molecule has 0 fully saturated rings. The molecule has 0 aromatic carbocycles. The van der Waals surface area contributed by atoms with Gasteiger partial charge in [0.1, 0.15) is 10.7 Å². The van der Waals surface area contributed by atoms with E-state index in [9.17, 15) is 4.79 Å². The van der Waals surface area contributed by atoms with E-state index in [0.717, 1.165) is 5.52 Å². The van der Waals surface area contributed by atoms with Crippen LogP contribution < -0.4 is 5.69 Å². The van der Waals surface area contributed by atoms with Crippen molar-refractivity contribution in [2.75, 3.05) is 0 Å². The summed E-state index contributed by atoms with van der Waals surface area (Å²) in [5.41, 5.74) is 1.31. The van der Waals surface area contributed by atoms with E-state index in [1.165, 1.54) is 9.13 Å². The quantitative estimate of drug-likeness (QED) is 0.618. The van der Waals surface area contributed by atoms with Crippen LogP contribution in [0.15, 0.2) is 29.3 Å². The molecule has 0 spiro atoms. The maximum atomic E-state index is 11.9. The molecule has 0 aliphatic carbocycles. The summed E-state index contributed by atoms with van der Waals surface area (Å²) < 4.78 is 4.67. The van der Waals surface area contributed by atoms with Gasteiger partial charge in [-0.15, -0.1) is 0 Å². The highest BCUT2D eigenvalue weighted by Crippen LogP contribution is 2.21. The Morgan fingerprint density at radius 1 is 1.28 bits per heavy atom. The molecule has 18 heavy (non-hydrogen) atoms. The van der Waals surface area contributed by atoms with Crippen LogP contribution in [0.4, 0.5) is 0 Å².